The first-order chi connectivity index (χ1) is 14.8. The summed E-state index contributed by atoms with van der Waals surface area (Å²) in [6.07, 6.45) is -2.66. The lowest BCUT2D eigenvalue weighted by atomic mass is 10.1. The molecule has 1 saturated heterocycles. The summed E-state index contributed by atoms with van der Waals surface area (Å²) in [5.41, 5.74) is 3.17. The summed E-state index contributed by atoms with van der Waals surface area (Å²) < 4.78 is 27.3. The Kier molecular flexibility index (Phi) is 8.20. The first-order valence-electron chi connectivity index (χ1n) is 8.98. The van der Waals surface area contributed by atoms with Crippen LogP contribution in [0.2, 0.25) is 0 Å². The smallest absolute Gasteiger partial charge is 0.387 e. The van der Waals surface area contributed by atoms with Crippen molar-refractivity contribution in [3.8, 4) is 0 Å². The van der Waals surface area contributed by atoms with Gasteiger partial charge in [0.05, 0.1) is 39.4 Å². The lowest BCUT2D eigenvalue weighted by Crippen LogP contribution is -2.33. The minimum absolute atomic E-state index is 0.189. The molecule has 0 aliphatic carbocycles. The minimum Gasteiger partial charge on any atom is -0.387 e. The van der Waals surface area contributed by atoms with Crippen LogP contribution in [-0.2, 0) is 28.2 Å². The third kappa shape index (κ3) is 6.12. The summed E-state index contributed by atoms with van der Waals surface area (Å²) in [6.45, 7) is 0.414. The number of nitrogens with two attached hydrogens (primary N) is 1. The van der Waals surface area contributed by atoms with Crippen molar-refractivity contribution in [2.24, 2.45) is 5.90 Å². The van der Waals surface area contributed by atoms with Crippen LogP contribution in [0.15, 0.2) is 12.7 Å². The Morgan fingerprint density at radius 3 is 2.68 bits per heavy atom. The molecule has 4 atom stereocenters. The molecule has 16 nitrogen and oxygen atoms in total. The number of nitrogens with one attached hydrogen (secondary N) is 1. The first-order valence-corrected chi connectivity index (χ1v) is 10.5. The molecule has 0 amide bonds. The van der Waals surface area contributed by atoms with Crippen molar-refractivity contribution in [2.45, 2.75) is 24.5 Å². The quantitative estimate of drug-likeness (QED) is 0.111. The maximum absolute atomic E-state index is 10.9. The van der Waals surface area contributed by atoms with Crippen LogP contribution >= 0.6 is 7.82 Å². The molecule has 1 aliphatic rings. The van der Waals surface area contributed by atoms with Crippen molar-refractivity contribution in [3.05, 3.63) is 12.7 Å². The number of hydrogen-bond donors (Lipinski definition) is 6. The SMILES string of the molecule is NOCCOCCONc1ncnc2c1ncn2[C@@H]1O[C@H](COP(=O)(O)O)[C@@H](O)[C@H]1O. The lowest BCUT2D eigenvalue weighted by Gasteiger charge is -2.16. The van der Waals surface area contributed by atoms with Crippen LogP contribution in [-0.4, -0.2) is 90.9 Å². The highest BCUT2D eigenvalue weighted by Gasteiger charge is 2.45. The molecule has 0 radical (unpaired) electrons. The summed E-state index contributed by atoms with van der Waals surface area (Å²) in [5.74, 6) is 5.12. The summed E-state index contributed by atoms with van der Waals surface area (Å²) in [5, 5.41) is 20.5. The molecule has 174 valence electrons. The van der Waals surface area contributed by atoms with Gasteiger partial charge in [-0.15, -0.1) is 0 Å². The number of phosphoric ester groups is 1. The molecular weight excluding hydrogens is 443 g/mol. The van der Waals surface area contributed by atoms with Gasteiger partial charge in [0.2, 0.25) is 0 Å². The Morgan fingerprint density at radius 1 is 1.16 bits per heavy atom. The van der Waals surface area contributed by atoms with Crippen LogP contribution in [0.3, 0.4) is 0 Å². The number of phosphoric acid groups is 1. The lowest BCUT2D eigenvalue weighted by molar-refractivity contribution is -0.0504. The van der Waals surface area contributed by atoms with E-state index in [0.717, 1.165) is 0 Å². The zero-order chi connectivity index (χ0) is 22.4. The number of fused-ring (bicyclic) bond motifs is 1. The molecule has 1 aliphatic heterocycles. The van der Waals surface area contributed by atoms with E-state index in [1.165, 1.54) is 17.2 Å². The van der Waals surface area contributed by atoms with Gasteiger partial charge in [-0.25, -0.2) is 30.9 Å². The molecule has 2 aromatic rings. The third-order valence-corrected chi connectivity index (χ3v) is 4.71. The van der Waals surface area contributed by atoms with Crippen LogP contribution in [0, 0.1) is 0 Å². The third-order valence-electron chi connectivity index (χ3n) is 4.22. The fraction of sp³-hybridized carbons (Fsp3) is 0.643. The predicted molar refractivity (Wildman–Crippen MR) is 99.8 cm³/mol. The number of rotatable bonds is 12. The molecule has 0 unspecified atom stereocenters. The van der Waals surface area contributed by atoms with Crippen molar-refractivity contribution in [3.63, 3.8) is 0 Å². The van der Waals surface area contributed by atoms with Crippen molar-refractivity contribution in [1.29, 1.82) is 0 Å². The second-order valence-corrected chi connectivity index (χ2v) is 7.55. The number of anilines is 1. The molecule has 0 saturated carbocycles. The van der Waals surface area contributed by atoms with Gasteiger partial charge in [0.15, 0.2) is 23.2 Å². The summed E-state index contributed by atoms with van der Waals surface area (Å²) in [4.78, 5) is 39.6. The molecule has 2 aromatic heterocycles. The molecule has 0 spiro atoms. The highest BCUT2D eigenvalue weighted by atomic mass is 31.2. The second-order valence-electron chi connectivity index (χ2n) is 6.31. The van der Waals surface area contributed by atoms with E-state index in [2.05, 4.69) is 29.8 Å². The van der Waals surface area contributed by atoms with E-state index in [-0.39, 0.29) is 31.3 Å². The van der Waals surface area contributed by atoms with E-state index < -0.39 is 39.0 Å². The Labute approximate surface area is 175 Å². The molecule has 0 bridgehead atoms. The fourth-order valence-electron chi connectivity index (χ4n) is 2.81. The highest BCUT2D eigenvalue weighted by Crippen LogP contribution is 2.38. The van der Waals surface area contributed by atoms with E-state index in [0.29, 0.717) is 12.1 Å². The Bertz CT molecular complexity index is 896. The van der Waals surface area contributed by atoms with Crippen molar-refractivity contribution >= 4 is 24.8 Å². The number of imidazole rings is 1. The number of aliphatic hydroxyl groups excluding tert-OH is 2. The number of nitrogens with zero attached hydrogens (tertiary/aromatic N) is 4. The minimum atomic E-state index is -4.77. The molecule has 31 heavy (non-hydrogen) atoms. The summed E-state index contributed by atoms with van der Waals surface area (Å²) in [7, 11) is -4.77. The Hall–Kier alpha value is -1.82. The monoisotopic (exact) mass is 466 g/mol. The van der Waals surface area contributed by atoms with Crippen LogP contribution in [0.4, 0.5) is 5.82 Å². The molecular formula is C14H23N6O10P. The normalized spacial score (nSPS) is 24.2. The van der Waals surface area contributed by atoms with Gasteiger partial charge in [0, 0.05) is 0 Å². The number of aliphatic hydroxyl groups is 2. The summed E-state index contributed by atoms with van der Waals surface area (Å²) in [6, 6.07) is 0. The number of hydrogen-bond acceptors (Lipinski definition) is 13. The van der Waals surface area contributed by atoms with E-state index >= 15 is 0 Å². The van der Waals surface area contributed by atoms with E-state index in [1.54, 1.807) is 0 Å². The molecule has 3 heterocycles. The van der Waals surface area contributed by atoms with Gasteiger partial charge in [-0.1, -0.05) is 0 Å². The summed E-state index contributed by atoms with van der Waals surface area (Å²) >= 11 is 0. The van der Waals surface area contributed by atoms with E-state index in [4.69, 9.17) is 30.0 Å². The fourth-order valence-corrected chi connectivity index (χ4v) is 3.15. The van der Waals surface area contributed by atoms with Crippen LogP contribution in [0.1, 0.15) is 6.23 Å². The Balaban J connectivity index is 1.64. The van der Waals surface area contributed by atoms with Gasteiger partial charge < -0.3 is 34.3 Å². The molecule has 1 fully saturated rings. The van der Waals surface area contributed by atoms with E-state index in [9.17, 15) is 14.8 Å². The Morgan fingerprint density at radius 2 is 1.94 bits per heavy atom. The maximum atomic E-state index is 10.9. The maximum Gasteiger partial charge on any atom is 0.469 e. The standard InChI is InChI=1S/C14H23N6O10P/c15-27-3-1-26-2-4-28-19-12-9-13(17-6-16-12)20(7-18-9)14-11(22)10(21)8(30-14)5-29-31(23,24)25/h6-8,10-11,14,21-22H,1-5,15H2,(H,16,17,19)(H2,23,24,25)/t8-,10-,11-,14-/m1/s1. The molecule has 7 N–H and O–H groups in total. The molecule has 17 heteroatoms. The van der Waals surface area contributed by atoms with Crippen LogP contribution < -0.4 is 11.4 Å². The van der Waals surface area contributed by atoms with Crippen molar-refractivity contribution in [2.75, 3.05) is 38.5 Å². The van der Waals surface area contributed by atoms with Crippen LogP contribution in [0.5, 0.6) is 0 Å². The zero-order valence-corrected chi connectivity index (χ0v) is 16.9. The topological polar surface area (TPSA) is 226 Å². The number of aromatic nitrogens is 4. The zero-order valence-electron chi connectivity index (χ0n) is 16.1. The second kappa shape index (κ2) is 10.7. The van der Waals surface area contributed by atoms with Crippen molar-refractivity contribution < 1.29 is 48.2 Å². The predicted octanol–water partition coefficient (Wildman–Crippen LogP) is -2.19. The first kappa shape index (κ1) is 23.8. The molecule has 0 aromatic carbocycles. The van der Waals surface area contributed by atoms with Crippen LogP contribution in [0.25, 0.3) is 11.2 Å². The van der Waals surface area contributed by atoms with E-state index in [1.807, 2.05) is 0 Å². The van der Waals surface area contributed by atoms with Gasteiger partial charge in [0.25, 0.3) is 0 Å². The van der Waals surface area contributed by atoms with Gasteiger partial charge >= 0.3 is 7.82 Å². The highest BCUT2D eigenvalue weighted by molar-refractivity contribution is 7.46. The average molecular weight is 466 g/mol. The van der Waals surface area contributed by atoms with Gasteiger partial charge in [-0.3, -0.25) is 13.9 Å². The number of ether oxygens (including phenoxy) is 2. The largest absolute Gasteiger partial charge is 0.469 e. The van der Waals surface area contributed by atoms with Gasteiger partial charge in [0.1, 0.15) is 24.6 Å². The van der Waals surface area contributed by atoms with Gasteiger partial charge in [-0.05, 0) is 0 Å². The van der Waals surface area contributed by atoms with Gasteiger partial charge in [-0.2, -0.15) is 0 Å². The molecule has 3 rings (SSSR count). The average Bonchev–Trinajstić information content (AvgIpc) is 3.27. The van der Waals surface area contributed by atoms with Crippen molar-refractivity contribution in [1.82, 2.24) is 19.5 Å².